The van der Waals surface area contributed by atoms with E-state index >= 15 is 0 Å². The third kappa shape index (κ3) is 1.44. The van der Waals surface area contributed by atoms with Gasteiger partial charge in [-0.05, 0) is 32.3 Å². The lowest BCUT2D eigenvalue weighted by Crippen LogP contribution is -1.74. The van der Waals surface area contributed by atoms with Crippen molar-refractivity contribution in [3.8, 4) is 0 Å². The van der Waals surface area contributed by atoms with Gasteiger partial charge in [0.25, 0.3) is 0 Å². The van der Waals surface area contributed by atoms with Gasteiger partial charge in [0, 0.05) is 21.2 Å². The molecule has 1 heterocycles. The first-order valence-electron chi connectivity index (χ1n) is 8.80. The fraction of sp³-hybridized carbons (Fsp3) is 0. The van der Waals surface area contributed by atoms with Crippen LogP contribution >= 0.6 is 20.7 Å². The number of hydrogen-bond acceptors (Lipinski definition) is 2. The molecule has 0 saturated heterocycles. The Morgan fingerprint density at radius 3 is 1.23 bits per heavy atom. The van der Waals surface area contributed by atoms with Gasteiger partial charge >= 0.3 is 0 Å². The highest BCUT2D eigenvalue weighted by Crippen LogP contribution is 2.39. The first-order valence-corrected chi connectivity index (χ1v) is 11.0. The van der Waals surface area contributed by atoms with Gasteiger partial charge in [-0.3, -0.25) is 0 Å². The standard InChI is InChI=1S/C24H12S2/c1-5-13-7-3-11-17-19(13)15(9-1)21-22-16-10-2-6-14-8-4-12-18(20(14)16)24(22)26-25-23(17)21/h1-12H. The van der Waals surface area contributed by atoms with Crippen molar-refractivity contribution in [1.29, 1.82) is 0 Å². The molecule has 26 heavy (non-hydrogen) atoms. The zero-order valence-electron chi connectivity index (χ0n) is 13.7. The topological polar surface area (TPSA) is 0 Å². The second-order valence-corrected chi connectivity index (χ2v) is 9.14. The van der Waals surface area contributed by atoms with E-state index in [-0.39, 0.29) is 0 Å². The van der Waals surface area contributed by atoms with E-state index in [1.54, 1.807) is 0 Å². The smallest absolute Gasteiger partial charge is 0.0541 e. The lowest BCUT2D eigenvalue weighted by atomic mass is 10.1. The minimum Gasteiger partial charge on any atom is -0.0787 e. The predicted molar refractivity (Wildman–Crippen MR) is 114 cm³/mol. The van der Waals surface area contributed by atoms with Gasteiger partial charge in [0.05, 0.1) is 9.06 Å². The van der Waals surface area contributed by atoms with Crippen molar-refractivity contribution in [2.45, 2.75) is 0 Å². The van der Waals surface area contributed by atoms with Gasteiger partial charge in [0.15, 0.2) is 0 Å². The van der Waals surface area contributed by atoms with Crippen molar-refractivity contribution in [3.63, 3.8) is 0 Å². The molecule has 0 amide bonds. The van der Waals surface area contributed by atoms with Crippen LogP contribution in [0.2, 0.25) is 0 Å². The molecule has 4 aromatic carbocycles. The highest BCUT2D eigenvalue weighted by Gasteiger charge is 2.15. The molecule has 0 saturated carbocycles. The van der Waals surface area contributed by atoms with Crippen molar-refractivity contribution in [2.75, 3.05) is 0 Å². The van der Waals surface area contributed by atoms with Crippen LogP contribution in [-0.4, -0.2) is 0 Å². The molecule has 2 aliphatic carbocycles. The van der Waals surface area contributed by atoms with Crippen molar-refractivity contribution in [3.05, 3.63) is 92.3 Å². The highest BCUT2D eigenvalue weighted by molar-refractivity contribution is 7.67. The van der Waals surface area contributed by atoms with Crippen LogP contribution in [0.3, 0.4) is 0 Å². The first-order chi connectivity index (χ1) is 12.9. The van der Waals surface area contributed by atoms with E-state index in [0.717, 1.165) is 0 Å². The van der Waals surface area contributed by atoms with Crippen LogP contribution in [0, 0.1) is 19.5 Å². The summed E-state index contributed by atoms with van der Waals surface area (Å²) >= 11 is 0. The van der Waals surface area contributed by atoms with E-state index in [4.69, 9.17) is 0 Å². The molecule has 0 radical (unpaired) electrons. The summed E-state index contributed by atoms with van der Waals surface area (Å²) in [5.74, 6) is 0. The van der Waals surface area contributed by atoms with Crippen LogP contribution in [0.25, 0.3) is 43.1 Å². The van der Waals surface area contributed by atoms with Gasteiger partial charge < -0.3 is 0 Å². The average Bonchev–Trinajstić information content (AvgIpc) is 3.20. The fourth-order valence-electron chi connectivity index (χ4n) is 4.74. The van der Waals surface area contributed by atoms with E-state index in [9.17, 15) is 0 Å². The monoisotopic (exact) mass is 364 g/mol. The maximum Gasteiger partial charge on any atom is 0.0541 e. The molecule has 0 atom stereocenters. The lowest BCUT2D eigenvalue weighted by molar-refractivity contribution is 1.65. The minimum absolute atomic E-state index is 1.34. The Hall–Kier alpha value is -2.68. The van der Waals surface area contributed by atoms with Gasteiger partial charge in [-0.15, -0.1) is 0 Å². The lowest BCUT2D eigenvalue weighted by Gasteiger charge is -1.98. The summed E-state index contributed by atoms with van der Waals surface area (Å²) in [5, 5.41) is 14.0. The number of hydrogen-bond donors (Lipinski definition) is 0. The quantitative estimate of drug-likeness (QED) is 0.247. The van der Waals surface area contributed by atoms with Gasteiger partial charge in [0.2, 0.25) is 0 Å². The van der Waals surface area contributed by atoms with Gasteiger partial charge in [-0.1, -0.05) is 93.5 Å². The third-order valence-electron chi connectivity index (χ3n) is 5.75. The SMILES string of the molecule is c1cc2cccc3c4c5c6cccc7cccc(c=5ssc=4c(c1)c23)c76. The minimum atomic E-state index is 1.34. The zero-order valence-corrected chi connectivity index (χ0v) is 15.4. The van der Waals surface area contributed by atoms with E-state index < -0.39 is 0 Å². The van der Waals surface area contributed by atoms with Crippen LogP contribution in [0.5, 0.6) is 0 Å². The maximum atomic E-state index is 2.30. The van der Waals surface area contributed by atoms with Gasteiger partial charge in [0.1, 0.15) is 0 Å². The van der Waals surface area contributed by atoms with E-state index in [0.29, 0.717) is 0 Å². The number of benzene rings is 4. The largest absolute Gasteiger partial charge is 0.0787 e. The molecular formula is C24H12S2. The Balaban J connectivity index is 1.99. The Morgan fingerprint density at radius 1 is 0.423 bits per heavy atom. The Bertz CT molecular complexity index is 1590. The van der Waals surface area contributed by atoms with Crippen molar-refractivity contribution in [2.24, 2.45) is 0 Å². The van der Waals surface area contributed by atoms with E-state index in [2.05, 4.69) is 72.8 Å². The van der Waals surface area contributed by atoms with Crippen LogP contribution in [0.15, 0.2) is 72.8 Å². The molecule has 0 N–H and O–H groups in total. The summed E-state index contributed by atoms with van der Waals surface area (Å²) in [4.78, 5) is 0. The molecule has 0 nitrogen and oxygen atoms in total. The summed E-state index contributed by atoms with van der Waals surface area (Å²) in [7, 11) is 3.87. The second-order valence-electron chi connectivity index (χ2n) is 6.99. The molecule has 0 spiro atoms. The molecule has 3 aliphatic rings. The molecule has 2 heteroatoms. The summed E-state index contributed by atoms with van der Waals surface area (Å²) in [5.41, 5.74) is 0. The van der Waals surface area contributed by atoms with Gasteiger partial charge in [-0.25, -0.2) is 0 Å². The van der Waals surface area contributed by atoms with Crippen molar-refractivity contribution in [1.82, 2.24) is 0 Å². The zero-order chi connectivity index (χ0) is 16.8. The van der Waals surface area contributed by atoms with Gasteiger partial charge in [-0.2, -0.15) is 0 Å². The predicted octanol–water partition coefficient (Wildman–Crippen LogP) is 7.31. The molecule has 0 bridgehead atoms. The molecular weight excluding hydrogens is 352 g/mol. The summed E-state index contributed by atoms with van der Waals surface area (Å²) in [6.07, 6.45) is 0. The van der Waals surface area contributed by atoms with Crippen molar-refractivity contribution < 1.29 is 0 Å². The number of rotatable bonds is 0. The van der Waals surface area contributed by atoms with E-state index in [1.807, 2.05) is 20.7 Å². The van der Waals surface area contributed by atoms with Crippen LogP contribution < -0.4 is 0 Å². The van der Waals surface area contributed by atoms with Crippen molar-refractivity contribution >= 4 is 63.8 Å². The molecule has 0 fully saturated rings. The molecule has 120 valence electrons. The Kier molecular flexibility index (Phi) is 2.36. The molecule has 7 rings (SSSR count). The van der Waals surface area contributed by atoms with Crippen LogP contribution in [-0.2, 0) is 0 Å². The fourth-order valence-corrected chi connectivity index (χ4v) is 7.56. The Morgan fingerprint density at radius 2 is 0.808 bits per heavy atom. The summed E-state index contributed by atoms with van der Waals surface area (Å²) < 4.78 is 2.87. The van der Waals surface area contributed by atoms with Crippen LogP contribution in [0.1, 0.15) is 0 Å². The molecule has 0 unspecified atom stereocenters. The normalized spacial score (nSPS) is 12.6. The van der Waals surface area contributed by atoms with E-state index in [1.165, 1.54) is 62.6 Å². The number of fused-ring (bicyclic) bond motifs is 5. The maximum absolute atomic E-state index is 2.30. The average molecular weight is 364 g/mol. The molecule has 0 aromatic heterocycles. The molecule has 1 aliphatic heterocycles. The highest BCUT2D eigenvalue weighted by atomic mass is 32.9. The summed E-state index contributed by atoms with van der Waals surface area (Å²) in [6, 6.07) is 26.9. The van der Waals surface area contributed by atoms with Crippen LogP contribution in [0.4, 0.5) is 0 Å². The summed E-state index contributed by atoms with van der Waals surface area (Å²) in [6.45, 7) is 0. The first kappa shape index (κ1) is 13.5. The Labute approximate surface area is 155 Å². The molecule has 4 aromatic rings. The third-order valence-corrected chi connectivity index (χ3v) is 8.26. The second kappa shape index (κ2) is 4.53.